The van der Waals surface area contributed by atoms with Crippen LogP contribution < -0.4 is 21.7 Å². The molecular weight excluding hydrogens is 1760 g/mol. The quantitative estimate of drug-likeness (QED) is 0.0105. The number of cyclic esters (lactones) is 1. The van der Waals surface area contributed by atoms with E-state index in [2.05, 4.69) is 56.8 Å². The van der Waals surface area contributed by atoms with Crippen molar-refractivity contribution in [3.05, 3.63) is 127 Å². The fourth-order valence-electron chi connectivity index (χ4n) is 18.9. The summed E-state index contributed by atoms with van der Waals surface area (Å²) in [6.45, 7) is 22.1. The van der Waals surface area contributed by atoms with E-state index in [9.17, 15) is 39.0 Å². The van der Waals surface area contributed by atoms with E-state index in [0.717, 1.165) is 84.7 Å². The number of esters is 1. The van der Waals surface area contributed by atoms with Crippen molar-refractivity contribution in [2.45, 2.75) is 219 Å². The first-order valence-electron chi connectivity index (χ1n) is 48.2. The highest BCUT2D eigenvalue weighted by molar-refractivity contribution is 6.39. The minimum Gasteiger partial charge on any atom is -0.460 e. The zero-order chi connectivity index (χ0) is 97.1. The molecule has 7 N–H and O–H groups in total. The van der Waals surface area contributed by atoms with Gasteiger partial charge in [0.1, 0.15) is 53.5 Å². The Bertz CT molecular complexity index is 5420. The van der Waals surface area contributed by atoms with Crippen molar-refractivity contribution >= 4 is 75.0 Å². The average Bonchev–Trinajstić information content (AvgIpc) is 1.51. The van der Waals surface area contributed by atoms with Gasteiger partial charge in [-0.15, -0.1) is 10.2 Å². The van der Waals surface area contributed by atoms with Crippen molar-refractivity contribution in [1.82, 2.24) is 79.8 Å². The SMILES string of the molecule is CO[C@H]1C[C@@H]2CC[C@@H](C)[C@@](O)(O2)C(=O)C(=O)N2CCCC[C@H]2C(=O)OC([C@H](C)C[C@@H]2CC[C@H](n3nncc3-c3cccc(-c4cnc(N5CCN(Cc6cn(CCOCCOCCOCCOCCOCCC(=O)NCCCCn7nc(-c8ccc9oc(N)nc9c8)c8c(N)ncnc87)nn6)CC5)nc4)c3)[C@H](OC)C2)CC(=O)[C@H](C)/C=C(\C)[C@@H](O)[C@@H](OC)C(=O)[C@H](C)C[C@H](C)/C=C/C=C/C=C/1C. The van der Waals surface area contributed by atoms with Crippen LogP contribution in [0.25, 0.3) is 55.8 Å². The number of nitrogens with two attached hydrogens (primary N) is 2. The van der Waals surface area contributed by atoms with Crippen molar-refractivity contribution in [2.75, 3.05) is 143 Å². The van der Waals surface area contributed by atoms with Crippen LogP contribution in [0.2, 0.25) is 0 Å². The number of aliphatic hydroxyl groups is 2. The highest BCUT2D eigenvalue weighted by atomic mass is 16.6. The maximum absolute atomic E-state index is 15.0. The Hall–Kier alpha value is -10.9. The van der Waals surface area contributed by atoms with Crippen LogP contribution in [-0.4, -0.2) is 295 Å². The Morgan fingerprint density at radius 2 is 1.46 bits per heavy atom. The average molecular weight is 1900 g/mol. The number of aryl methyl sites for hydroxylation is 1. The highest BCUT2D eigenvalue weighted by Gasteiger charge is 2.53. The van der Waals surface area contributed by atoms with Crippen LogP contribution in [-0.2, 0) is 95.8 Å². The number of piperazine rings is 1. The predicted molar refractivity (Wildman–Crippen MR) is 510 cm³/mol. The Morgan fingerprint density at radius 3 is 2.20 bits per heavy atom. The number of rotatable bonds is 36. The molecule has 1 saturated carbocycles. The Morgan fingerprint density at radius 1 is 0.723 bits per heavy atom. The standard InChI is InChI=1S/C99H137N19O19/c1-63-19-12-11-13-20-64(2)83(127-8)55-76-27-24-69(7)99(126,137-76)92(123)95(124)116-32-16-14-23-79(116)96(125)135-84(56-81(119)65(3)50-68(6)90(122)91(129-10)89(121)67(5)49-63)66(4)51-70-25-28-78(85(52-70)128-9)118-80(59-107-111-118)72-22-18-21-71(53-72)74-57-103-98(104-58-74)114-36-34-113(35-37-114)60-75-61-115(112-109-75)38-40-131-42-44-133-46-48-134-47-45-132-43-41-130-39-30-86(120)102-31-15-17-33-117-94-87(93(100)105-62-106-94)88(110-117)73-26-29-82-77(54-73)108-97(101)136-82/h11-13,18-22,26,29,50,53-54,57-59,61-63,65-67,69-70,76,78-79,83-85,90-91,122,126H,14-17,23-25,27-28,30-49,51-52,55-56,60H2,1-10H3,(H2,101,108)(H,102,120)(H2,100,105,106)/b13-11+,19-12+,64-20+,68-50+/t63-,65-,66-,67-,69-,70+,76+,78+,79+,83+,84?,85-,90-,91+,99-/m1/s1. The summed E-state index contributed by atoms with van der Waals surface area (Å²) in [7, 11) is 4.65. The molecule has 0 radical (unpaired) electrons. The van der Waals surface area contributed by atoms with Gasteiger partial charge in [-0.3, -0.25) is 28.9 Å². The number of nitrogens with one attached hydrogen (secondary N) is 1. The van der Waals surface area contributed by atoms with E-state index in [1.165, 1.54) is 18.3 Å². The first kappa shape index (κ1) is 103. The van der Waals surface area contributed by atoms with Crippen LogP contribution in [0.4, 0.5) is 17.8 Å². The summed E-state index contributed by atoms with van der Waals surface area (Å²) < 4.78 is 70.1. The molecule has 38 nitrogen and oxygen atoms in total. The van der Waals surface area contributed by atoms with Crippen LogP contribution >= 0.6 is 0 Å². The molecule has 8 aromatic rings. The number of piperidine rings is 1. The third kappa shape index (κ3) is 27.8. The summed E-state index contributed by atoms with van der Waals surface area (Å²) >= 11 is 0. The number of amides is 2. The zero-order valence-electron chi connectivity index (χ0n) is 80.7. The van der Waals surface area contributed by atoms with Gasteiger partial charge in [0.25, 0.3) is 17.7 Å². The van der Waals surface area contributed by atoms with Crippen LogP contribution in [0.3, 0.4) is 0 Å². The molecule has 6 aromatic heterocycles. The molecule has 10 heterocycles. The normalized spacial score (nSPS) is 26.2. The van der Waals surface area contributed by atoms with Crippen molar-refractivity contribution in [3.8, 4) is 33.6 Å². The molecule has 1 unspecified atom stereocenters. The van der Waals surface area contributed by atoms with Crippen LogP contribution in [0.1, 0.15) is 157 Å². The number of ketones is 3. The van der Waals surface area contributed by atoms with Crippen molar-refractivity contribution in [1.29, 1.82) is 0 Å². The Balaban J connectivity index is 0.515. The maximum atomic E-state index is 15.0. The summed E-state index contributed by atoms with van der Waals surface area (Å²) in [6, 6.07) is 12.3. The van der Waals surface area contributed by atoms with E-state index in [0.29, 0.717) is 189 Å². The first-order valence-corrected chi connectivity index (χ1v) is 48.2. The molecule has 15 atom stereocenters. The number of anilines is 3. The number of fused-ring (bicyclic) bond motifs is 5. The summed E-state index contributed by atoms with van der Waals surface area (Å²) in [5.74, 6) is -7.56. The summed E-state index contributed by atoms with van der Waals surface area (Å²) in [4.78, 5) is 114. The third-order valence-electron chi connectivity index (χ3n) is 26.9. The van der Waals surface area contributed by atoms with Gasteiger partial charge in [-0.1, -0.05) is 99.7 Å². The molecule has 137 heavy (non-hydrogen) atoms. The number of nitrogens with zero attached hydrogens (tertiary/aromatic N) is 16. The second kappa shape index (κ2) is 50.6. The molecule has 38 heteroatoms. The van der Waals surface area contributed by atoms with E-state index in [-0.39, 0.29) is 79.9 Å². The summed E-state index contributed by atoms with van der Waals surface area (Å²) in [5.41, 5.74) is 20.8. The largest absolute Gasteiger partial charge is 0.460 e. The van der Waals surface area contributed by atoms with E-state index >= 15 is 0 Å². The molecule has 4 fully saturated rings. The van der Waals surface area contributed by atoms with Gasteiger partial charge in [0, 0.05) is 146 Å². The van der Waals surface area contributed by atoms with E-state index in [4.69, 9.17) is 78.3 Å². The lowest BCUT2D eigenvalue weighted by Gasteiger charge is -2.42. The fourth-order valence-corrected chi connectivity index (χ4v) is 18.9. The van der Waals surface area contributed by atoms with Gasteiger partial charge in [0.2, 0.25) is 17.6 Å². The molecule has 742 valence electrons. The number of carbonyl (C=O) groups excluding carboxylic acids is 6. The summed E-state index contributed by atoms with van der Waals surface area (Å²) in [5, 5.41) is 50.3. The number of nitrogen functional groups attached to an aromatic ring is 2. The second-order valence-corrected chi connectivity index (χ2v) is 36.9. The fraction of sp³-hybridized carbons (Fsp3) is 0.596. The van der Waals surface area contributed by atoms with Gasteiger partial charge < -0.3 is 88.6 Å². The van der Waals surface area contributed by atoms with Crippen LogP contribution in [0, 0.1) is 35.5 Å². The molecule has 4 aliphatic heterocycles. The number of allylic oxidation sites excluding steroid dienone is 6. The predicted octanol–water partition coefficient (Wildman–Crippen LogP) is 9.87. The number of ether oxygens (including phenoxy) is 10. The lowest BCUT2D eigenvalue weighted by Crippen LogP contribution is -2.61. The lowest BCUT2D eigenvalue weighted by molar-refractivity contribution is -0.265. The van der Waals surface area contributed by atoms with E-state index < -0.39 is 83.7 Å². The topological polar surface area (TPSA) is 466 Å². The first-order chi connectivity index (χ1) is 66.3. The number of unbranched alkanes of at least 4 members (excludes halogenated alkanes) is 1. The number of aromatic nitrogens is 13. The number of oxazole rings is 1. The number of hydrogen-bond donors (Lipinski definition) is 5. The van der Waals surface area contributed by atoms with Crippen LogP contribution in [0.5, 0.6) is 0 Å². The van der Waals surface area contributed by atoms with Crippen LogP contribution in [0.15, 0.2) is 126 Å². The molecule has 5 aliphatic rings. The molecule has 3 saturated heterocycles. The van der Waals surface area contributed by atoms with Gasteiger partial charge >= 0.3 is 5.97 Å². The number of hydrogen-bond acceptors (Lipinski definition) is 33. The molecule has 13 rings (SSSR count). The van der Waals surface area contributed by atoms with Crippen molar-refractivity contribution in [2.24, 2.45) is 35.5 Å². The van der Waals surface area contributed by atoms with Gasteiger partial charge in [0.15, 0.2) is 17.0 Å². The van der Waals surface area contributed by atoms with Gasteiger partial charge in [-0.05, 0) is 150 Å². The number of methoxy groups -OCH3 is 3. The molecule has 2 bridgehead atoms. The van der Waals surface area contributed by atoms with E-state index in [1.807, 2.05) is 112 Å². The number of benzene rings is 2. The highest BCUT2D eigenvalue weighted by Crippen LogP contribution is 2.43. The molecule has 0 spiro atoms. The minimum absolute atomic E-state index is 0.0158. The third-order valence-corrected chi connectivity index (χ3v) is 26.9. The zero-order valence-corrected chi connectivity index (χ0v) is 80.7. The second-order valence-electron chi connectivity index (χ2n) is 36.9. The Labute approximate surface area is 799 Å². The van der Waals surface area contributed by atoms with Gasteiger partial charge in [-0.2, -0.15) is 10.1 Å². The number of carbonyl (C=O) groups is 6. The smallest absolute Gasteiger partial charge is 0.329 e. The van der Waals surface area contributed by atoms with Gasteiger partial charge in [0.05, 0.1) is 120 Å². The van der Waals surface area contributed by atoms with Crippen molar-refractivity contribution < 1.29 is 90.8 Å². The molecule has 2 aromatic carbocycles. The maximum Gasteiger partial charge on any atom is 0.329 e. The minimum atomic E-state index is -2.48. The molecule has 1 aliphatic carbocycles. The lowest BCUT2D eigenvalue weighted by atomic mass is 9.77. The number of Topliss-reactive ketones (excluding diaryl/α,β-unsaturated/α-hetero) is 3. The Kier molecular flexibility index (Phi) is 38.2. The van der Waals surface area contributed by atoms with Crippen molar-refractivity contribution in [3.63, 3.8) is 0 Å². The molecule has 2 amide bonds. The monoisotopic (exact) mass is 1900 g/mol. The number of aliphatic hydroxyl groups excluding tert-OH is 1. The van der Waals surface area contributed by atoms with E-state index in [1.54, 1.807) is 62.7 Å². The van der Waals surface area contributed by atoms with Gasteiger partial charge in [-0.25, -0.2) is 38.8 Å². The molecular formula is C99H137N19O19. The summed E-state index contributed by atoms with van der Waals surface area (Å²) in [6.07, 6.45) is 22.0.